The zero-order valence-corrected chi connectivity index (χ0v) is 26.6. The normalized spacial score (nSPS) is 12.0. The molecule has 0 radical (unpaired) electrons. The topological polar surface area (TPSA) is 0 Å². The predicted molar refractivity (Wildman–Crippen MR) is 169 cm³/mol. The van der Waals surface area contributed by atoms with Crippen molar-refractivity contribution < 1.29 is 0 Å². The molecule has 36 heavy (non-hydrogen) atoms. The van der Waals surface area contributed by atoms with Crippen LogP contribution in [-0.2, 0) is 0 Å². The zero-order chi connectivity index (χ0) is 26.4. The number of hydrogen-bond donors (Lipinski definition) is 0. The van der Waals surface area contributed by atoms with Gasteiger partial charge in [0.15, 0.2) is 0 Å². The van der Waals surface area contributed by atoms with E-state index in [-0.39, 0.29) is 4.87 Å². The fraction of sp³-hybridized carbons (Fsp3) is 1.00. The van der Waals surface area contributed by atoms with Crippen molar-refractivity contribution in [2.45, 2.75) is 225 Å². The second-order valence-electron chi connectivity index (χ2n) is 12.2. The van der Waals surface area contributed by atoms with E-state index in [0.29, 0.717) is 0 Å². The Morgan fingerprint density at radius 2 is 0.444 bits per heavy atom. The molecule has 0 amide bonds. The molecule has 0 aromatic carbocycles. The van der Waals surface area contributed by atoms with Crippen molar-refractivity contribution in [1.82, 2.24) is 0 Å². The zero-order valence-electron chi connectivity index (χ0n) is 25.8. The van der Waals surface area contributed by atoms with E-state index in [2.05, 4.69) is 20.8 Å². The van der Waals surface area contributed by atoms with E-state index in [1.807, 2.05) is 0 Å². The molecule has 0 unspecified atom stereocenters. The summed E-state index contributed by atoms with van der Waals surface area (Å²) in [5.74, 6) is 0. The van der Waals surface area contributed by atoms with Crippen molar-refractivity contribution in [2.24, 2.45) is 0 Å². The van der Waals surface area contributed by atoms with Gasteiger partial charge < -0.3 is 0 Å². The van der Waals surface area contributed by atoms with E-state index in [9.17, 15) is 0 Å². The van der Waals surface area contributed by atoms with Gasteiger partial charge in [-0.25, -0.2) is 0 Å². The maximum absolute atomic E-state index is 7.34. The van der Waals surface area contributed by atoms with E-state index in [1.165, 1.54) is 199 Å². The molecule has 0 aromatic rings. The minimum absolute atomic E-state index is 0.100. The number of hydrogen-bond acceptors (Lipinski definition) is 0. The molecule has 0 spiro atoms. The van der Waals surface area contributed by atoms with Gasteiger partial charge in [0, 0.05) is 4.87 Å². The molecule has 218 valence electrons. The highest BCUT2D eigenvalue weighted by atomic mass is 35.5. The Bertz CT molecular complexity index is 370. The second-order valence-corrected chi connectivity index (χ2v) is 13.0. The predicted octanol–water partition coefficient (Wildman–Crippen LogP) is 14.1. The van der Waals surface area contributed by atoms with E-state index in [0.717, 1.165) is 0 Å². The molecule has 0 rings (SSSR count). The Morgan fingerprint density at radius 3 is 0.639 bits per heavy atom. The largest absolute Gasteiger partial charge is 0.119 e. The van der Waals surface area contributed by atoms with E-state index >= 15 is 0 Å². The van der Waals surface area contributed by atoms with Gasteiger partial charge in [-0.05, 0) is 19.3 Å². The fourth-order valence-electron chi connectivity index (χ4n) is 5.81. The van der Waals surface area contributed by atoms with Crippen LogP contribution in [0, 0.1) is 0 Å². The molecule has 0 saturated carbocycles. The summed E-state index contributed by atoms with van der Waals surface area (Å²) in [4.78, 5) is 0.100. The van der Waals surface area contributed by atoms with E-state index < -0.39 is 0 Å². The molecule has 0 saturated heterocycles. The highest BCUT2D eigenvalue weighted by Gasteiger charge is 2.25. The molecule has 0 nitrogen and oxygen atoms in total. The minimum atomic E-state index is 0.100. The van der Waals surface area contributed by atoms with E-state index in [1.54, 1.807) is 0 Å². The Balaban J connectivity index is 4.00. The van der Waals surface area contributed by atoms with Crippen molar-refractivity contribution in [3.63, 3.8) is 0 Å². The molecule has 0 heterocycles. The number of halogens is 1. The van der Waals surface area contributed by atoms with Gasteiger partial charge >= 0.3 is 0 Å². The smallest absolute Gasteiger partial charge is 0.0446 e. The third kappa shape index (κ3) is 27.3. The Labute approximate surface area is 235 Å². The summed E-state index contributed by atoms with van der Waals surface area (Å²) in [5, 5.41) is 0. The van der Waals surface area contributed by atoms with Crippen LogP contribution in [0.2, 0.25) is 0 Å². The van der Waals surface area contributed by atoms with Crippen molar-refractivity contribution in [2.75, 3.05) is 0 Å². The van der Waals surface area contributed by atoms with Gasteiger partial charge in [-0.1, -0.05) is 201 Å². The van der Waals surface area contributed by atoms with Gasteiger partial charge in [0.2, 0.25) is 0 Å². The molecule has 0 atom stereocenters. The lowest BCUT2D eigenvalue weighted by atomic mass is 9.88. The quantitative estimate of drug-likeness (QED) is 0.0621. The molecule has 0 aliphatic rings. The maximum atomic E-state index is 7.34. The van der Waals surface area contributed by atoms with Crippen LogP contribution in [0.3, 0.4) is 0 Å². The molecule has 1 heteroatoms. The fourth-order valence-corrected chi connectivity index (χ4v) is 6.21. The summed E-state index contributed by atoms with van der Waals surface area (Å²) in [6.07, 6.45) is 43.5. The van der Waals surface area contributed by atoms with Crippen LogP contribution in [0.15, 0.2) is 0 Å². The van der Waals surface area contributed by atoms with Crippen LogP contribution in [0.1, 0.15) is 220 Å². The molecule has 0 fully saturated rings. The monoisotopic (exact) mass is 527 g/mol. The third-order valence-electron chi connectivity index (χ3n) is 8.44. The average molecular weight is 527 g/mol. The Morgan fingerprint density at radius 1 is 0.278 bits per heavy atom. The highest BCUT2D eigenvalue weighted by Crippen LogP contribution is 2.35. The van der Waals surface area contributed by atoms with Gasteiger partial charge in [0.1, 0.15) is 0 Å². The van der Waals surface area contributed by atoms with Crippen LogP contribution >= 0.6 is 11.6 Å². The summed E-state index contributed by atoms with van der Waals surface area (Å²) < 4.78 is 0. The summed E-state index contributed by atoms with van der Waals surface area (Å²) in [6, 6.07) is 0. The molecule has 0 aliphatic carbocycles. The highest BCUT2D eigenvalue weighted by molar-refractivity contribution is 6.23. The standard InChI is InChI=1S/C35H71Cl/c1-4-7-10-13-16-19-20-21-22-25-28-31-34-35(36,32-29-26-23-17-14-11-8-5-2)33-30-27-24-18-15-12-9-6-3/h4-34H2,1-3H3. The van der Waals surface area contributed by atoms with Crippen molar-refractivity contribution in [1.29, 1.82) is 0 Å². The summed E-state index contributed by atoms with van der Waals surface area (Å²) in [6.45, 7) is 6.92. The molecule has 0 aromatic heterocycles. The van der Waals surface area contributed by atoms with Crippen LogP contribution in [0.25, 0.3) is 0 Å². The van der Waals surface area contributed by atoms with Crippen LogP contribution in [0.4, 0.5) is 0 Å². The first-order chi connectivity index (χ1) is 17.7. The number of unbranched alkanes of at least 4 members (excludes halogenated alkanes) is 25. The van der Waals surface area contributed by atoms with Crippen LogP contribution in [-0.4, -0.2) is 4.87 Å². The second kappa shape index (κ2) is 29.8. The summed E-state index contributed by atoms with van der Waals surface area (Å²) in [7, 11) is 0. The van der Waals surface area contributed by atoms with Crippen LogP contribution < -0.4 is 0 Å². The molecular weight excluding hydrogens is 456 g/mol. The lowest BCUT2D eigenvalue weighted by Crippen LogP contribution is -2.21. The first-order valence-electron chi connectivity index (χ1n) is 17.4. The van der Waals surface area contributed by atoms with Gasteiger partial charge in [0.25, 0.3) is 0 Å². The Kier molecular flexibility index (Phi) is 30.1. The first kappa shape index (κ1) is 36.3. The maximum Gasteiger partial charge on any atom is 0.0446 e. The average Bonchev–Trinajstić information content (AvgIpc) is 2.88. The number of rotatable bonds is 31. The van der Waals surface area contributed by atoms with Gasteiger partial charge in [0.05, 0.1) is 0 Å². The van der Waals surface area contributed by atoms with Gasteiger partial charge in [-0.15, -0.1) is 11.6 Å². The SMILES string of the molecule is CCCCCCCCCCCCCCC(Cl)(CCCCCCCCCC)CCCCCCCCCC. The van der Waals surface area contributed by atoms with Crippen LogP contribution in [0.5, 0.6) is 0 Å². The first-order valence-corrected chi connectivity index (χ1v) is 17.7. The lowest BCUT2D eigenvalue weighted by Gasteiger charge is -2.27. The summed E-state index contributed by atoms with van der Waals surface area (Å²) >= 11 is 7.34. The minimum Gasteiger partial charge on any atom is -0.119 e. The summed E-state index contributed by atoms with van der Waals surface area (Å²) in [5.41, 5.74) is 0. The Hall–Kier alpha value is 0.290. The van der Waals surface area contributed by atoms with E-state index in [4.69, 9.17) is 11.6 Å². The third-order valence-corrected chi connectivity index (χ3v) is 9.00. The molecule has 0 bridgehead atoms. The lowest BCUT2D eigenvalue weighted by molar-refractivity contribution is 0.394. The van der Waals surface area contributed by atoms with Crippen molar-refractivity contribution >= 4 is 11.6 Å². The van der Waals surface area contributed by atoms with Crippen molar-refractivity contribution in [3.8, 4) is 0 Å². The number of alkyl halides is 1. The molecule has 0 aliphatic heterocycles. The van der Waals surface area contributed by atoms with Gasteiger partial charge in [-0.3, -0.25) is 0 Å². The molecular formula is C35H71Cl. The van der Waals surface area contributed by atoms with Gasteiger partial charge in [-0.2, -0.15) is 0 Å². The molecule has 0 N–H and O–H groups in total. The van der Waals surface area contributed by atoms with Crippen molar-refractivity contribution in [3.05, 3.63) is 0 Å².